The van der Waals surface area contributed by atoms with Gasteiger partial charge in [0.2, 0.25) is 0 Å². The monoisotopic (exact) mass is 285 g/mol. The molecule has 0 spiro atoms. The predicted octanol–water partition coefficient (Wildman–Crippen LogP) is 3.25. The summed E-state index contributed by atoms with van der Waals surface area (Å²) < 4.78 is 10.6. The van der Waals surface area contributed by atoms with Crippen molar-refractivity contribution in [2.24, 2.45) is 0 Å². The van der Waals surface area contributed by atoms with Crippen molar-refractivity contribution in [3.8, 4) is 5.75 Å². The van der Waals surface area contributed by atoms with E-state index in [2.05, 4.69) is 0 Å². The quantitative estimate of drug-likeness (QED) is 0.692. The number of rotatable bonds is 4. The minimum absolute atomic E-state index is 0.405. The van der Waals surface area contributed by atoms with Crippen LogP contribution in [0.5, 0.6) is 5.75 Å². The van der Waals surface area contributed by atoms with Crippen molar-refractivity contribution >= 4 is 11.7 Å². The maximum atomic E-state index is 11.8. The van der Waals surface area contributed by atoms with Gasteiger partial charge in [0.15, 0.2) is 0 Å². The van der Waals surface area contributed by atoms with Crippen molar-refractivity contribution in [2.45, 2.75) is 20.5 Å². The summed E-state index contributed by atoms with van der Waals surface area (Å²) in [4.78, 5) is 11.8. The molecule has 4 heteroatoms. The molecule has 4 nitrogen and oxygen atoms in total. The van der Waals surface area contributed by atoms with Gasteiger partial charge >= 0.3 is 5.97 Å². The first-order valence-electron chi connectivity index (χ1n) is 6.69. The summed E-state index contributed by atoms with van der Waals surface area (Å²) in [5.74, 6) is 0.254. The van der Waals surface area contributed by atoms with Gasteiger partial charge in [-0.15, -0.1) is 0 Å². The number of aryl methyl sites for hydroxylation is 1. The number of carbonyl (C=O) groups excluding carboxylic acids is 1. The zero-order valence-electron chi connectivity index (χ0n) is 12.5. The summed E-state index contributed by atoms with van der Waals surface area (Å²) in [5, 5.41) is 0. The van der Waals surface area contributed by atoms with E-state index in [0.29, 0.717) is 23.6 Å². The molecule has 110 valence electrons. The van der Waals surface area contributed by atoms with Crippen LogP contribution < -0.4 is 10.5 Å². The molecule has 0 bridgehead atoms. The number of nitrogens with two attached hydrogens (primary N) is 1. The third-order valence-corrected chi connectivity index (χ3v) is 3.41. The van der Waals surface area contributed by atoms with Gasteiger partial charge in [-0.25, -0.2) is 4.79 Å². The summed E-state index contributed by atoms with van der Waals surface area (Å²) in [5.41, 5.74) is 9.43. The SMILES string of the molecule is COC(=O)c1c(C)cc(OCc2ccccc2)c(C)c1N. The van der Waals surface area contributed by atoms with Gasteiger partial charge in [0.05, 0.1) is 18.4 Å². The molecule has 0 aromatic heterocycles. The topological polar surface area (TPSA) is 61.5 Å². The first-order valence-corrected chi connectivity index (χ1v) is 6.69. The zero-order chi connectivity index (χ0) is 15.4. The average molecular weight is 285 g/mol. The fourth-order valence-electron chi connectivity index (χ4n) is 2.17. The lowest BCUT2D eigenvalue weighted by atomic mass is 10.0. The highest BCUT2D eigenvalue weighted by Crippen LogP contribution is 2.31. The molecule has 0 fully saturated rings. The van der Waals surface area contributed by atoms with Gasteiger partial charge in [0.25, 0.3) is 0 Å². The van der Waals surface area contributed by atoms with Crippen LogP contribution in [-0.4, -0.2) is 13.1 Å². The molecule has 0 aliphatic rings. The lowest BCUT2D eigenvalue weighted by Crippen LogP contribution is -2.10. The van der Waals surface area contributed by atoms with Crippen LogP contribution in [0.3, 0.4) is 0 Å². The van der Waals surface area contributed by atoms with Crippen LogP contribution in [0.25, 0.3) is 0 Å². The summed E-state index contributed by atoms with van der Waals surface area (Å²) in [6, 6.07) is 11.7. The molecule has 0 aliphatic carbocycles. The summed E-state index contributed by atoms with van der Waals surface area (Å²) in [6.45, 7) is 4.11. The van der Waals surface area contributed by atoms with Crippen LogP contribution >= 0.6 is 0 Å². The Morgan fingerprint density at radius 3 is 2.48 bits per heavy atom. The second-order valence-electron chi connectivity index (χ2n) is 4.87. The van der Waals surface area contributed by atoms with Gasteiger partial charge in [0, 0.05) is 5.56 Å². The molecule has 21 heavy (non-hydrogen) atoms. The molecule has 0 saturated carbocycles. The van der Waals surface area contributed by atoms with E-state index in [1.165, 1.54) is 7.11 Å². The molecule has 2 rings (SSSR count). The third-order valence-electron chi connectivity index (χ3n) is 3.41. The summed E-state index contributed by atoms with van der Waals surface area (Å²) in [6.07, 6.45) is 0. The maximum absolute atomic E-state index is 11.8. The van der Waals surface area contributed by atoms with Crippen LogP contribution in [0.1, 0.15) is 27.0 Å². The normalized spacial score (nSPS) is 10.2. The minimum atomic E-state index is -0.428. The first kappa shape index (κ1) is 14.9. The Kier molecular flexibility index (Phi) is 4.48. The third kappa shape index (κ3) is 3.16. The summed E-state index contributed by atoms with van der Waals surface area (Å²) >= 11 is 0. The van der Waals surface area contributed by atoms with Crippen LogP contribution in [0.2, 0.25) is 0 Å². The lowest BCUT2D eigenvalue weighted by molar-refractivity contribution is 0.0601. The number of benzene rings is 2. The van der Waals surface area contributed by atoms with Crippen LogP contribution in [0.15, 0.2) is 36.4 Å². The van der Waals surface area contributed by atoms with Crippen LogP contribution in [0, 0.1) is 13.8 Å². The second kappa shape index (κ2) is 6.31. The Morgan fingerprint density at radius 1 is 1.19 bits per heavy atom. The van der Waals surface area contributed by atoms with Crippen molar-refractivity contribution in [1.82, 2.24) is 0 Å². The smallest absolute Gasteiger partial charge is 0.340 e. The zero-order valence-corrected chi connectivity index (χ0v) is 12.5. The van der Waals surface area contributed by atoms with E-state index < -0.39 is 5.97 Å². The lowest BCUT2D eigenvalue weighted by Gasteiger charge is -2.15. The molecule has 2 N–H and O–H groups in total. The molecule has 0 saturated heterocycles. The van der Waals surface area contributed by atoms with Crippen molar-refractivity contribution in [1.29, 1.82) is 0 Å². The number of nitrogen functional groups attached to an aromatic ring is 1. The maximum Gasteiger partial charge on any atom is 0.340 e. The molecule has 0 unspecified atom stereocenters. The van der Waals surface area contributed by atoms with Crippen molar-refractivity contribution in [2.75, 3.05) is 12.8 Å². The fraction of sp³-hybridized carbons (Fsp3) is 0.235. The molecule has 0 aliphatic heterocycles. The highest BCUT2D eigenvalue weighted by atomic mass is 16.5. The van der Waals surface area contributed by atoms with E-state index in [9.17, 15) is 4.79 Å². The number of ether oxygens (including phenoxy) is 2. The molecule has 0 atom stereocenters. The highest BCUT2D eigenvalue weighted by molar-refractivity contribution is 5.98. The van der Waals surface area contributed by atoms with Gasteiger partial charge in [-0.3, -0.25) is 0 Å². The Labute approximate surface area is 124 Å². The number of methoxy groups -OCH3 is 1. The molecule has 0 amide bonds. The number of esters is 1. The van der Waals surface area contributed by atoms with E-state index in [1.807, 2.05) is 50.2 Å². The molecule has 0 radical (unpaired) electrons. The van der Waals surface area contributed by atoms with Crippen LogP contribution in [-0.2, 0) is 11.3 Å². The highest BCUT2D eigenvalue weighted by Gasteiger charge is 2.18. The standard InChI is InChI=1S/C17H19NO3/c1-11-9-14(21-10-13-7-5-4-6-8-13)12(2)16(18)15(11)17(19)20-3/h4-9H,10,18H2,1-3H3. The van der Waals surface area contributed by atoms with Gasteiger partial charge in [0.1, 0.15) is 12.4 Å². The molecule has 2 aromatic rings. The average Bonchev–Trinajstić information content (AvgIpc) is 2.50. The molecule has 0 heterocycles. The minimum Gasteiger partial charge on any atom is -0.489 e. The number of hydrogen-bond acceptors (Lipinski definition) is 4. The Balaban J connectivity index is 2.28. The Morgan fingerprint density at radius 2 is 1.86 bits per heavy atom. The van der Waals surface area contributed by atoms with E-state index in [-0.39, 0.29) is 0 Å². The van der Waals surface area contributed by atoms with Crippen molar-refractivity contribution in [3.05, 3.63) is 58.7 Å². The van der Waals surface area contributed by atoms with Gasteiger partial charge in [-0.2, -0.15) is 0 Å². The van der Waals surface area contributed by atoms with E-state index in [1.54, 1.807) is 0 Å². The van der Waals surface area contributed by atoms with Gasteiger partial charge in [-0.05, 0) is 31.0 Å². The summed E-state index contributed by atoms with van der Waals surface area (Å²) in [7, 11) is 1.34. The van der Waals surface area contributed by atoms with Crippen molar-refractivity contribution < 1.29 is 14.3 Å². The van der Waals surface area contributed by atoms with E-state index in [4.69, 9.17) is 15.2 Å². The molecular formula is C17H19NO3. The van der Waals surface area contributed by atoms with E-state index >= 15 is 0 Å². The fourth-order valence-corrected chi connectivity index (χ4v) is 2.17. The number of anilines is 1. The van der Waals surface area contributed by atoms with Gasteiger partial charge in [-0.1, -0.05) is 30.3 Å². The van der Waals surface area contributed by atoms with Crippen molar-refractivity contribution in [3.63, 3.8) is 0 Å². The largest absolute Gasteiger partial charge is 0.489 e. The Bertz CT molecular complexity index is 651. The number of hydrogen-bond donors (Lipinski definition) is 1. The Hall–Kier alpha value is -2.49. The van der Waals surface area contributed by atoms with Gasteiger partial charge < -0.3 is 15.2 Å². The first-order chi connectivity index (χ1) is 10.0. The van der Waals surface area contributed by atoms with E-state index in [0.717, 1.165) is 16.7 Å². The van der Waals surface area contributed by atoms with Crippen LogP contribution in [0.4, 0.5) is 5.69 Å². The second-order valence-corrected chi connectivity index (χ2v) is 4.87. The molecule has 2 aromatic carbocycles. The number of carbonyl (C=O) groups is 1. The molecular weight excluding hydrogens is 266 g/mol. The predicted molar refractivity (Wildman–Crippen MR) is 82.4 cm³/mol.